The van der Waals surface area contributed by atoms with Crippen molar-refractivity contribution in [3.63, 3.8) is 0 Å². The van der Waals surface area contributed by atoms with Crippen LogP contribution >= 0.6 is 0 Å². The van der Waals surface area contributed by atoms with E-state index in [0.717, 1.165) is 10.8 Å². The van der Waals surface area contributed by atoms with Crippen LogP contribution < -0.4 is 10.9 Å². The highest BCUT2D eigenvalue weighted by molar-refractivity contribution is 6.08. The molecular weight excluding hydrogens is 254 g/mol. The largest absolute Gasteiger partial charge is 0.328 e. The van der Waals surface area contributed by atoms with E-state index in [1.165, 1.54) is 18.3 Å². The normalized spacial score (nSPS) is 10.4. The molecule has 3 rings (SSSR count). The molecule has 5 heteroatoms. The Labute approximate surface area is 114 Å². The Bertz CT molecular complexity index is 814. The topological polar surface area (TPSA) is 74.8 Å². The quantitative estimate of drug-likeness (QED) is 0.745. The lowest BCUT2D eigenvalue weighted by Gasteiger charge is -2.08. The maximum absolute atomic E-state index is 12.1. The van der Waals surface area contributed by atoms with Crippen LogP contribution in [0.5, 0.6) is 0 Å². The Morgan fingerprint density at radius 1 is 1.15 bits per heavy atom. The standard InChI is InChI=1S/C15H11N3O2/c19-14-5-4-11(8-17-14)15(20)18-13-3-1-2-10-6-7-16-9-12(10)13/h1-9H,(H,17,19)(H,18,20). The zero-order valence-corrected chi connectivity index (χ0v) is 10.5. The molecule has 0 spiro atoms. The van der Waals surface area contributed by atoms with Gasteiger partial charge in [-0.3, -0.25) is 14.6 Å². The van der Waals surface area contributed by atoms with E-state index in [-0.39, 0.29) is 11.5 Å². The van der Waals surface area contributed by atoms with E-state index in [2.05, 4.69) is 15.3 Å². The monoisotopic (exact) mass is 265 g/mol. The van der Waals surface area contributed by atoms with Gasteiger partial charge in [-0.2, -0.15) is 0 Å². The third-order valence-corrected chi connectivity index (χ3v) is 2.98. The number of pyridine rings is 2. The minimum absolute atomic E-state index is 0.240. The predicted molar refractivity (Wildman–Crippen MR) is 76.8 cm³/mol. The molecule has 98 valence electrons. The van der Waals surface area contributed by atoms with Crippen LogP contribution in [0.15, 0.2) is 59.8 Å². The molecule has 1 aromatic carbocycles. The number of hydrogen-bond donors (Lipinski definition) is 2. The summed E-state index contributed by atoms with van der Waals surface area (Å²) in [5.41, 5.74) is 0.841. The molecule has 0 radical (unpaired) electrons. The van der Waals surface area contributed by atoms with Gasteiger partial charge in [0.25, 0.3) is 5.91 Å². The van der Waals surface area contributed by atoms with Gasteiger partial charge in [-0.25, -0.2) is 0 Å². The van der Waals surface area contributed by atoms with Crippen LogP contribution in [0.3, 0.4) is 0 Å². The number of aromatic nitrogens is 2. The second kappa shape index (κ2) is 4.97. The Hall–Kier alpha value is -2.95. The van der Waals surface area contributed by atoms with E-state index in [4.69, 9.17) is 0 Å². The molecule has 2 heterocycles. The van der Waals surface area contributed by atoms with Crippen molar-refractivity contribution in [3.05, 3.63) is 70.9 Å². The van der Waals surface area contributed by atoms with Gasteiger partial charge in [0.05, 0.1) is 11.3 Å². The second-order valence-electron chi connectivity index (χ2n) is 4.30. The Balaban J connectivity index is 1.95. The van der Waals surface area contributed by atoms with Crippen molar-refractivity contribution in [2.45, 2.75) is 0 Å². The molecule has 2 aromatic heterocycles. The molecule has 0 unspecified atom stereocenters. The number of amides is 1. The number of nitrogens with zero attached hydrogens (tertiary/aromatic N) is 1. The number of H-pyrrole nitrogens is 1. The van der Waals surface area contributed by atoms with Crippen LogP contribution in [-0.4, -0.2) is 15.9 Å². The van der Waals surface area contributed by atoms with Crippen molar-refractivity contribution in [2.24, 2.45) is 0 Å². The van der Waals surface area contributed by atoms with Crippen molar-refractivity contribution < 1.29 is 4.79 Å². The molecule has 0 bridgehead atoms. The summed E-state index contributed by atoms with van der Waals surface area (Å²) in [7, 11) is 0. The van der Waals surface area contributed by atoms with E-state index in [1.807, 2.05) is 24.3 Å². The third-order valence-electron chi connectivity index (χ3n) is 2.98. The number of hydrogen-bond acceptors (Lipinski definition) is 3. The number of anilines is 1. The molecule has 0 atom stereocenters. The summed E-state index contributed by atoms with van der Waals surface area (Å²) >= 11 is 0. The number of benzene rings is 1. The number of aromatic amines is 1. The maximum atomic E-state index is 12.1. The molecular formula is C15H11N3O2. The lowest BCUT2D eigenvalue weighted by atomic mass is 10.1. The fourth-order valence-corrected chi connectivity index (χ4v) is 1.97. The van der Waals surface area contributed by atoms with Crippen LogP contribution in [0.4, 0.5) is 5.69 Å². The molecule has 0 fully saturated rings. The smallest absolute Gasteiger partial charge is 0.257 e. The molecule has 0 aliphatic carbocycles. The average molecular weight is 265 g/mol. The van der Waals surface area contributed by atoms with Gasteiger partial charge < -0.3 is 10.3 Å². The summed E-state index contributed by atoms with van der Waals surface area (Å²) in [6, 6.07) is 10.3. The highest BCUT2D eigenvalue weighted by Crippen LogP contribution is 2.22. The Morgan fingerprint density at radius 3 is 2.85 bits per heavy atom. The fourth-order valence-electron chi connectivity index (χ4n) is 1.97. The summed E-state index contributed by atoms with van der Waals surface area (Å²) in [5.74, 6) is -0.280. The van der Waals surface area contributed by atoms with Gasteiger partial charge >= 0.3 is 0 Å². The first-order valence-electron chi connectivity index (χ1n) is 6.07. The van der Waals surface area contributed by atoms with Gasteiger partial charge in [0, 0.05) is 30.0 Å². The molecule has 1 amide bonds. The van der Waals surface area contributed by atoms with Gasteiger partial charge in [0.1, 0.15) is 0 Å². The predicted octanol–water partition coefficient (Wildman–Crippen LogP) is 2.18. The van der Waals surface area contributed by atoms with Crippen LogP contribution in [-0.2, 0) is 0 Å². The highest BCUT2D eigenvalue weighted by Gasteiger charge is 2.08. The summed E-state index contributed by atoms with van der Waals surface area (Å²) in [4.78, 5) is 29.6. The molecule has 0 saturated heterocycles. The van der Waals surface area contributed by atoms with Crippen LogP contribution in [0, 0.1) is 0 Å². The summed E-state index contributed by atoms with van der Waals surface area (Å²) in [6.07, 6.45) is 4.80. The maximum Gasteiger partial charge on any atom is 0.257 e. The van der Waals surface area contributed by atoms with Gasteiger partial charge in [-0.15, -0.1) is 0 Å². The molecule has 0 aliphatic heterocycles. The first-order chi connectivity index (χ1) is 9.74. The minimum atomic E-state index is -0.280. The molecule has 0 saturated carbocycles. The molecule has 0 aliphatic rings. The van der Waals surface area contributed by atoms with E-state index in [9.17, 15) is 9.59 Å². The van der Waals surface area contributed by atoms with E-state index in [1.54, 1.807) is 12.4 Å². The number of rotatable bonds is 2. The first kappa shape index (κ1) is 12.1. The van der Waals surface area contributed by atoms with Crippen LogP contribution in [0.2, 0.25) is 0 Å². The number of nitrogens with one attached hydrogen (secondary N) is 2. The first-order valence-corrected chi connectivity index (χ1v) is 6.07. The van der Waals surface area contributed by atoms with Crippen molar-refractivity contribution in [3.8, 4) is 0 Å². The molecule has 2 N–H and O–H groups in total. The van der Waals surface area contributed by atoms with Gasteiger partial charge in [0.2, 0.25) is 5.56 Å². The van der Waals surface area contributed by atoms with E-state index < -0.39 is 0 Å². The molecule has 3 aromatic rings. The number of carbonyl (C=O) groups is 1. The summed E-state index contributed by atoms with van der Waals surface area (Å²) in [6.45, 7) is 0. The third kappa shape index (κ3) is 2.29. The zero-order chi connectivity index (χ0) is 13.9. The highest BCUT2D eigenvalue weighted by atomic mass is 16.1. The zero-order valence-electron chi connectivity index (χ0n) is 10.5. The van der Waals surface area contributed by atoms with Crippen molar-refractivity contribution in [2.75, 3.05) is 5.32 Å². The number of carbonyl (C=O) groups excluding carboxylic acids is 1. The van der Waals surface area contributed by atoms with Gasteiger partial charge in [-0.1, -0.05) is 12.1 Å². The van der Waals surface area contributed by atoms with E-state index >= 15 is 0 Å². The fraction of sp³-hybridized carbons (Fsp3) is 0. The van der Waals surface area contributed by atoms with Gasteiger partial charge in [0.15, 0.2) is 0 Å². The van der Waals surface area contributed by atoms with Crippen LogP contribution in [0.25, 0.3) is 10.8 Å². The lowest BCUT2D eigenvalue weighted by molar-refractivity contribution is 0.102. The second-order valence-corrected chi connectivity index (χ2v) is 4.30. The minimum Gasteiger partial charge on any atom is -0.328 e. The van der Waals surface area contributed by atoms with Crippen molar-refractivity contribution in [1.29, 1.82) is 0 Å². The van der Waals surface area contributed by atoms with Crippen molar-refractivity contribution in [1.82, 2.24) is 9.97 Å². The summed E-state index contributed by atoms with van der Waals surface area (Å²) in [5, 5.41) is 4.69. The van der Waals surface area contributed by atoms with E-state index in [0.29, 0.717) is 11.3 Å². The molecule has 20 heavy (non-hydrogen) atoms. The lowest BCUT2D eigenvalue weighted by Crippen LogP contribution is -2.14. The Morgan fingerprint density at radius 2 is 2.05 bits per heavy atom. The Kier molecular flexibility index (Phi) is 3.01. The van der Waals surface area contributed by atoms with Crippen LogP contribution in [0.1, 0.15) is 10.4 Å². The van der Waals surface area contributed by atoms with Crippen molar-refractivity contribution >= 4 is 22.4 Å². The number of fused-ring (bicyclic) bond motifs is 1. The molecule has 5 nitrogen and oxygen atoms in total. The van der Waals surface area contributed by atoms with Gasteiger partial charge in [-0.05, 0) is 23.6 Å². The summed E-state index contributed by atoms with van der Waals surface area (Å²) < 4.78 is 0. The average Bonchev–Trinajstić information content (AvgIpc) is 2.48. The SMILES string of the molecule is O=C(Nc1cccc2ccncc12)c1ccc(=O)[nH]c1.